The Morgan fingerprint density at radius 2 is 2.30 bits per heavy atom. The monoisotopic (exact) mass is 314 g/mol. The van der Waals surface area contributed by atoms with Gasteiger partial charge in [-0.25, -0.2) is 4.98 Å². The number of likely N-dealkylation sites (tertiary alicyclic amines) is 1. The summed E-state index contributed by atoms with van der Waals surface area (Å²) in [5.41, 5.74) is 3.40. The number of nitrogens with zero attached hydrogens (tertiary/aromatic N) is 3. The van der Waals surface area contributed by atoms with Crippen LogP contribution in [0, 0.1) is 12.8 Å². The van der Waals surface area contributed by atoms with E-state index in [2.05, 4.69) is 46.9 Å². The predicted octanol–water partition coefficient (Wildman–Crippen LogP) is 2.38. The summed E-state index contributed by atoms with van der Waals surface area (Å²) in [5.74, 6) is 0.744. The van der Waals surface area contributed by atoms with Crippen molar-refractivity contribution in [3.05, 3.63) is 35.8 Å². The molecule has 0 saturated carbocycles. The van der Waals surface area contributed by atoms with E-state index in [1.807, 2.05) is 18.0 Å². The number of carbonyl (C=O) groups excluding carboxylic acids is 1. The Labute approximate surface area is 137 Å². The number of fused-ring (bicyclic) bond motifs is 1. The molecule has 5 heteroatoms. The van der Waals surface area contributed by atoms with E-state index < -0.39 is 0 Å². The zero-order valence-corrected chi connectivity index (χ0v) is 14.2. The topological polar surface area (TPSA) is 49.6 Å². The average molecular weight is 314 g/mol. The van der Waals surface area contributed by atoms with Gasteiger partial charge in [0.05, 0.1) is 11.9 Å². The van der Waals surface area contributed by atoms with Crippen LogP contribution in [-0.4, -0.2) is 39.3 Å². The van der Waals surface area contributed by atoms with Crippen molar-refractivity contribution in [1.82, 2.24) is 19.6 Å². The smallest absolute Gasteiger partial charge is 0.222 e. The number of hydrogen-bond acceptors (Lipinski definition) is 3. The van der Waals surface area contributed by atoms with Crippen molar-refractivity contribution >= 4 is 11.6 Å². The summed E-state index contributed by atoms with van der Waals surface area (Å²) in [7, 11) is 0. The summed E-state index contributed by atoms with van der Waals surface area (Å²) in [6.45, 7) is 8.77. The molecule has 1 N–H and O–H groups in total. The predicted molar refractivity (Wildman–Crippen MR) is 91.2 cm³/mol. The summed E-state index contributed by atoms with van der Waals surface area (Å²) in [6.07, 6.45) is 5.65. The van der Waals surface area contributed by atoms with Gasteiger partial charge in [0.15, 0.2) is 0 Å². The molecule has 124 valence electrons. The van der Waals surface area contributed by atoms with Crippen LogP contribution in [0.4, 0.5) is 0 Å². The van der Waals surface area contributed by atoms with Gasteiger partial charge in [-0.2, -0.15) is 0 Å². The molecule has 0 aliphatic carbocycles. The average Bonchev–Trinajstić information content (AvgIpc) is 2.95. The summed E-state index contributed by atoms with van der Waals surface area (Å²) in [6, 6.07) is 4.66. The first kappa shape index (κ1) is 16.0. The second kappa shape index (κ2) is 6.71. The molecule has 1 fully saturated rings. The van der Waals surface area contributed by atoms with Gasteiger partial charge in [-0.3, -0.25) is 4.79 Å². The lowest BCUT2D eigenvalue weighted by Crippen LogP contribution is -2.49. The number of aromatic nitrogens is 2. The van der Waals surface area contributed by atoms with Crippen molar-refractivity contribution in [3.8, 4) is 0 Å². The van der Waals surface area contributed by atoms with E-state index in [1.165, 1.54) is 11.3 Å². The fourth-order valence-electron chi connectivity index (χ4n) is 3.40. The van der Waals surface area contributed by atoms with E-state index in [4.69, 9.17) is 0 Å². The Morgan fingerprint density at radius 3 is 3.04 bits per heavy atom. The molecule has 0 bridgehead atoms. The van der Waals surface area contributed by atoms with Crippen molar-refractivity contribution in [1.29, 1.82) is 0 Å². The molecule has 3 heterocycles. The molecule has 1 saturated heterocycles. The molecule has 0 unspecified atom stereocenters. The Balaban J connectivity index is 1.61. The van der Waals surface area contributed by atoms with Crippen LogP contribution in [0.15, 0.2) is 24.5 Å². The number of hydrogen-bond donors (Lipinski definition) is 1. The van der Waals surface area contributed by atoms with Crippen LogP contribution in [0.2, 0.25) is 0 Å². The number of rotatable bonds is 4. The van der Waals surface area contributed by atoms with Gasteiger partial charge in [-0.1, -0.05) is 13.8 Å². The van der Waals surface area contributed by atoms with Gasteiger partial charge < -0.3 is 14.6 Å². The number of amides is 1. The van der Waals surface area contributed by atoms with Gasteiger partial charge >= 0.3 is 0 Å². The molecule has 1 amide bonds. The second-order valence-corrected chi connectivity index (χ2v) is 6.63. The minimum atomic E-state index is 0.271. The molecule has 3 rings (SSSR count). The fourth-order valence-corrected chi connectivity index (χ4v) is 3.40. The third-order valence-corrected chi connectivity index (χ3v) is 4.85. The standard InChI is InChI=1S/C18H26N4O/c1-4-18(23)21-7-6-16(14(3)12-21)19-10-15-11-20-17-9-13(2)5-8-22(15)17/h5,8-9,11,14,16,19H,4,6-7,10,12H2,1-3H3/t14-,16-/m1/s1. The number of carbonyl (C=O) groups is 1. The summed E-state index contributed by atoms with van der Waals surface area (Å²) in [5, 5.41) is 3.66. The number of pyridine rings is 1. The van der Waals surface area contributed by atoms with Gasteiger partial charge in [-0.05, 0) is 37.0 Å². The Hall–Kier alpha value is -1.88. The van der Waals surface area contributed by atoms with Gasteiger partial charge in [0.2, 0.25) is 5.91 Å². The maximum atomic E-state index is 11.8. The van der Waals surface area contributed by atoms with Crippen LogP contribution in [0.5, 0.6) is 0 Å². The van der Waals surface area contributed by atoms with E-state index in [1.54, 1.807) is 0 Å². The lowest BCUT2D eigenvalue weighted by Gasteiger charge is -2.37. The Morgan fingerprint density at radius 1 is 1.48 bits per heavy atom. The highest BCUT2D eigenvalue weighted by atomic mass is 16.2. The summed E-state index contributed by atoms with van der Waals surface area (Å²) >= 11 is 0. The van der Waals surface area contributed by atoms with Crippen molar-refractivity contribution in [2.24, 2.45) is 5.92 Å². The zero-order chi connectivity index (χ0) is 16.4. The lowest BCUT2D eigenvalue weighted by atomic mass is 9.93. The molecule has 2 atom stereocenters. The molecule has 5 nitrogen and oxygen atoms in total. The molecule has 0 aromatic carbocycles. The van der Waals surface area contributed by atoms with Crippen LogP contribution in [0.1, 0.15) is 37.9 Å². The third kappa shape index (κ3) is 3.39. The highest BCUT2D eigenvalue weighted by Gasteiger charge is 2.27. The molecule has 2 aromatic rings. The number of imidazole rings is 1. The van der Waals surface area contributed by atoms with Crippen molar-refractivity contribution in [3.63, 3.8) is 0 Å². The lowest BCUT2D eigenvalue weighted by molar-refractivity contribution is -0.132. The van der Waals surface area contributed by atoms with Crippen LogP contribution in [-0.2, 0) is 11.3 Å². The van der Waals surface area contributed by atoms with E-state index in [0.29, 0.717) is 18.4 Å². The molecule has 23 heavy (non-hydrogen) atoms. The van der Waals surface area contributed by atoms with Gasteiger partial charge in [0.25, 0.3) is 0 Å². The highest BCUT2D eigenvalue weighted by Crippen LogP contribution is 2.18. The summed E-state index contributed by atoms with van der Waals surface area (Å²) < 4.78 is 2.14. The zero-order valence-electron chi connectivity index (χ0n) is 14.2. The van der Waals surface area contributed by atoms with Crippen molar-refractivity contribution in [2.75, 3.05) is 13.1 Å². The minimum absolute atomic E-state index is 0.271. The van der Waals surface area contributed by atoms with Crippen LogP contribution in [0.25, 0.3) is 5.65 Å². The molecule has 0 spiro atoms. The van der Waals surface area contributed by atoms with Crippen LogP contribution < -0.4 is 5.32 Å². The van der Waals surface area contributed by atoms with Crippen molar-refractivity contribution < 1.29 is 4.79 Å². The van der Waals surface area contributed by atoms with Crippen LogP contribution in [0.3, 0.4) is 0 Å². The summed E-state index contributed by atoms with van der Waals surface area (Å²) in [4.78, 5) is 18.3. The normalized spacial score (nSPS) is 21.8. The largest absolute Gasteiger partial charge is 0.342 e. The third-order valence-electron chi connectivity index (χ3n) is 4.85. The van der Waals surface area contributed by atoms with Crippen LogP contribution >= 0.6 is 0 Å². The van der Waals surface area contributed by atoms with Crippen molar-refractivity contribution in [2.45, 2.75) is 46.2 Å². The molecular formula is C18H26N4O. The van der Waals surface area contributed by atoms with E-state index >= 15 is 0 Å². The van der Waals surface area contributed by atoms with Gasteiger partial charge in [-0.15, -0.1) is 0 Å². The first-order valence-electron chi connectivity index (χ1n) is 8.52. The molecular weight excluding hydrogens is 288 g/mol. The highest BCUT2D eigenvalue weighted by molar-refractivity contribution is 5.75. The van der Waals surface area contributed by atoms with E-state index in [-0.39, 0.29) is 5.91 Å². The number of piperidine rings is 1. The first-order valence-corrected chi connectivity index (χ1v) is 8.52. The minimum Gasteiger partial charge on any atom is -0.342 e. The second-order valence-electron chi connectivity index (χ2n) is 6.63. The maximum Gasteiger partial charge on any atom is 0.222 e. The Bertz CT molecular complexity index is 693. The number of aryl methyl sites for hydroxylation is 1. The first-order chi connectivity index (χ1) is 11.1. The van der Waals surface area contributed by atoms with Gasteiger partial charge in [0, 0.05) is 38.3 Å². The SMILES string of the molecule is CCC(=O)N1CC[C@@H](NCc2cnc3cc(C)ccn23)[C@H](C)C1. The maximum absolute atomic E-state index is 11.8. The van der Waals surface area contributed by atoms with E-state index in [9.17, 15) is 4.79 Å². The quantitative estimate of drug-likeness (QED) is 0.942. The van der Waals surface area contributed by atoms with Gasteiger partial charge in [0.1, 0.15) is 5.65 Å². The van der Waals surface area contributed by atoms with E-state index in [0.717, 1.165) is 31.7 Å². The molecule has 0 radical (unpaired) electrons. The molecule has 2 aromatic heterocycles. The number of nitrogens with one attached hydrogen (secondary N) is 1. The molecule has 1 aliphatic heterocycles. The molecule has 1 aliphatic rings. The fraction of sp³-hybridized carbons (Fsp3) is 0.556. The Kier molecular flexibility index (Phi) is 4.66.